The minimum atomic E-state index is -3.69. The van der Waals surface area contributed by atoms with Gasteiger partial charge in [0.25, 0.3) is 10.1 Å². The van der Waals surface area contributed by atoms with Gasteiger partial charge in [0.1, 0.15) is 6.04 Å². The zero-order chi connectivity index (χ0) is 18.7. The minimum Gasteiger partial charge on any atom is -0.394 e. The van der Waals surface area contributed by atoms with E-state index in [1.807, 2.05) is 51.1 Å². The molecule has 0 spiro atoms. The minimum absolute atomic E-state index is 0.118. The predicted octanol–water partition coefficient (Wildman–Crippen LogP) is 1.98. The SMILES string of the molecule is CC(C)(C)COS(=O)(=O)[C@H]1C[C@H]1[C@H](C#N)N[C@@H](CO)c1ccccc1. The molecule has 1 aliphatic rings. The molecule has 0 aromatic heterocycles. The second kappa shape index (κ2) is 7.83. The monoisotopic (exact) mass is 366 g/mol. The molecule has 0 amide bonds. The molecule has 6 nitrogen and oxygen atoms in total. The van der Waals surface area contributed by atoms with Gasteiger partial charge in [-0.25, -0.2) is 0 Å². The van der Waals surface area contributed by atoms with E-state index < -0.39 is 27.5 Å². The average molecular weight is 366 g/mol. The van der Waals surface area contributed by atoms with Crippen LogP contribution < -0.4 is 5.32 Å². The van der Waals surface area contributed by atoms with Gasteiger partial charge in [-0.05, 0) is 17.4 Å². The Morgan fingerprint density at radius 3 is 2.52 bits per heavy atom. The van der Waals surface area contributed by atoms with Crippen molar-refractivity contribution in [1.29, 1.82) is 5.26 Å². The van der Waals surface area contributed by atoms with E-state index in [2.05, 4.69) is 11.4 Å². The standard InChI is InChI=1S/C18H26N2O4S/c1-18(2,3)12-24-25(22,23)17-9-14(17)15(10-19)20-16(11-21)13-7-5-4-6-8-13/h4-8,14-17,20-21H,9,11-12H2,1-3H3/t14-,15-,16-,17-/m0/s1. The Morgan fingerprint density at radius 1 is 1.36 bits per heavy atom. The van der Waals surface area contributed by atoms with Crippen molar-refractivity contribution in [1.82, 2.24) is 5.32 Å². The van der Waals surface area contributed by atoms with Crippen LogP contribution in [-0.2, 0) is 14.3 Å². The van der Waals surface area contributed by atoms with Crippen LogP contribution >= 0.6 is 0 Å². The van der Waals surface area contributed by atoms with E-state index in [0.717, 1.165) is 5.56 Å². The molecule has 0 saturated heterocycles. The summed E-state index contributed by atoms with van der Waals surface area (Å²) in [6, 6.07) is 10.4. The van der Waals surface area contributed by atoms with Crippen LogP contribution in [0.4, 0.5) is 0 Å². The van der Waals surface area contributed by atoms with Gasteiger partial charge < -0.3 is 5.11 Å². The number of nitrogens with zero attached hydrogens (tertiary/aromatic N) is 1. The molecule has 0 heterocycles. The molecule has 1 fully saturated rings. The average Bonchev–Trinajstić information content (AvgIpc) is 3.36. The number of nitrogens with one attached hydrogen (secondary N) is 1. The van der Waals surface area contributed by atoms with Crippen molar-refractivity contribution in [3.63, 3.8) is 0 Å². The van der Waals surface area contributed by atoms with Gasteiger partial charge in [0.2, 0.25) is 0 Å². The van der Waals surface area contributed by atoms with Gasteiger partial charge in [-0.2, -0.15) is 13.7 Å². The molecule has 1 aromatic rings. The van der Waals surface area contributed by atoms with Gasteiger partial charge in [0.05, 0.1) is 30.6 Å². The third-order valence-electron chi connectivity index (χ3n) is 4.14. The van der Waals surface area contributed by atoms with E-state index >= 15 is 0 Å². The molecular weight excluding hydrogens is 340 g/mol. The maximum Gasteiger partial charge on any atom is 0.270 e. The van der Waals surface area contributed by atoms with Gasteiger partial charge in [-0.1, -0.05) is 51.1 Å². The third-order valence-corrected chi connectivity index (χ3v) is 5.87. The molecule has 4 atom stereocenters. The van der Waals surface area contributed by atoms with Crippen LogP contribution in [0.1, 0.15) is 38.8 Å². The number of benzene rings is 1. The highest BCUT2D eigenvalue weighted by atomic mass is 32.2. The van der Waals surface area contributed by atoms with Crippen molar-refractivity contribution in [2.24, 2.45) is 11.3 Å². The first-order valence-electron chi connectivity index (χ1n) is 8.37. The molecule has 2 N–H and O–H groups in total. The van der Waals surface area contributed by atoms with E-state index in [-0.39, 0.29) is 24.5 Å². The maximum absolute atomic E-state index is 12.3. The van der Waals surface area contributed by atoms with Crippen LogP contribution in [0.25, 0.3) is 0 Å². The Labute approximate surface area is 149 Å². The largest absolute Gasteiger partial charge is 0.394 e. The first-order valence-corrected chi connectivity index (χ1v) is 9.85. The summed E-state index contributed by atoms with van der Waals surface area (Å²) in [5.74, 6) is -0.326. The molecule has 0 aliphatic heterocycles. The van der Waals surface area contributed by atoms with Gasteiger partial charge in [-0.3, -0.25) is 9.50 Å². The number of aliphatic hydroxyl groups excluding tert-OH is 1. The van der Waals surface area contributed by atoms with Crippen molar-refractivity contribution in [2.75, 3.05) is 13.2 Å². The van der Waals surface area contributed by atoms with Gasteiger partial charge in [-0.15, -0.1) is 0 Å². The number of nitriles is 1. The Bertz CT molecular complexity index is 707. The second-order valence-electron chi connectivity index (χ2n) is 7.67. The number of hydrogen-bond donors (Lipinski definition) is 2. The lowest BCUT2D eigenvalue weighted by molar-refractivity contribution is 0.202. The fourth-order valence-electron chi connectivity index (χ4n) is 2.63. The molecule has 1 aliphatic carbocycles. The lowest BCUT2D eigenvalue weighted by Crippen LogP contribution is -2.37. The summed E-state index contributed by atoms with van der Waals surface area (Å²) in [5.41, 5.74) is 0.605. The molecular formula is C18H26N2O4S. The quantitative estimate of drug-likeness (QED) is 0.683. The Kier molecular flexibility index (Phi) is 6.22. The van der Waals surface area contributed by atoms with Crippen LogP contribution in [0.2, 0.25) is 0 Å². The Balaban J connectivity index is 2.00. The number of hydrogen-bond acceptors (Lipinski definition) is 6. The molecule has 1 aromatic carbocycles. The molecule has 0 bridgehead atoms. The topological polar surface area (TPSA) is 99.4 Å². The fourth-order valence-corrected chi connectivity index (χ4v) is 4.37. The highest BCUT2D eigenvalue weighted by Gasteiger charge is 2.53. The van der Waals surface area contributed by atoms with Crippen LogP contribution in [-0.4, -0.2) is 38.0 Å². The summed E-state index contributed by atoms with van der Waals surface area (Å²) >= 11 is 0. The van der Waals surface area contributed by atoms with Crippen molar-refractivity contribution >= 4 is 10.1 Å². The maximum atomic E-state index is 12.3. The van der Waals surface area contributed by atoms with Gasteiger partial charge in [0.15, 0.2) is 0 Å². The van der Waals surface area contributed by atoms with Crippen molar-refractivity contribution in [2.45, 2.75) is 44.5 Å². The van der Waals surface area contributed by atoms with Crippen LogP contribution in [0.5, 0.6) is 0 Å². The second-order valence-corrected chi connectivity index (χ2v) is 9.50. The molecule has 1 saturated carbocycles. The van der Waals surface area contributed by atoms with Crippen LogP contribution in [0.3, 0.4) is 0 Å². The molecule has 25 heavy (non-hydrogen) atoms. The normalized spacial score (nSPS) is 22.8. The first-order chi connectivity index (χ1) is 11.7. The summed E-state index contributed by atoms with van der Waals surface area (Å²) in [7, 11) is -3.69. The summed E-state index contributed by atoms with van der Waals surface area (Å²) < 4.78 is 29.7. The summed E-state index contributed by atoms with van der Waals surface area (Å²) in [5, 5.41) is 21.5. The summed E-state index contributed by atoms with van der Waals surface area (Å²) in [6.45, 7) is 5.65. The van der Waals surface area contributed by atoms with Crippen LogP contribution in [0.15, 0.2) is 30.3 Å². The van der Waals surface area contributed by atoms with E-state index in [4.69, 9.17) is 4.18 Å². The molecule has 0 unspecified atom stereocenters. The van der Waals surface area contributed by atoms with Crippen molar-refractivity contribution in [3.05, 3.63) is 35.9 Å². The Hall–Kier alpha value is -1.46. The van der Waals surface area contributed by atoms with E-state index in [0.29, 0.717) is 6.42 Å². The smallest absolute Gasteiger partial charge is 0.270 e. The van der Waals surface area contributed by atoms with Gasteiger partial charge >= 0.3 is 0 Å². The lowest BCUT2D eigenvalue weighted by atomic mass is 9.99. The van der Waals surface area contributed by atoms with Crippen molar-refractivity contribution in [3.8, 4) is 6.07 Å². The van der Waals surface area contributed by atoms with Gasteiger partial charge in [0, 0.05) is 5.92 Å². The van der Waals surface area contributed by atoms with E-state index in [1.165, 1.54) is 0 Å². The highest BCUT2D eigenvalue weighted by molar-refractivity contribution is 7.87. The molecule has 0 radical (unpaired) electrons. The predicted molar refractivity (Wildman–Crippen MR) is 95.0 cm³/mol. The highest BCUT2D eigenvalue weighted by Crippen LogP contribution is 2.41. The van der Waals surface area contributed by atoms with E-state index in [1.54, 1.807) is 0 Å². The fraction of sp³-hybridized carbons (Fsp3) is 0.611. The number of aliphatic hydroxyl groups is 1. The van der Waals surface area contributed by atoms with Crippen LogP contribution in [0, 0.1) is 22.7 Å². The Morgan fingerprint density at radius 2 is 2.00 bits per heavy atom. The molecule has 7 heteroatoms. The summed E-state index contributed by atoms with van der Waals surface area (Å²) in [4.78, 5) is 0. The molecule has 138 valence electrons. The zero-order valence-electron chi connectivity index (χ0n) is 14.8. The van der Waals surface area contributed by atoms with E-state index in [9.17, 15) is 18.8 Å². The molecule has 2 rings (SSSR count). The van der Waals surface area contributed by atoms with Crippen molar-refractivity contribution < 1.29 is 17.7 Å². The number of rotatable bonds is 8. The lowest BCUT2D eigenvalue weighted by Gasteiger charge is -2.21. The summed E-state index contributed by atoms with van der Waals surface area (Å²) in [6.07, 6.45) is 0.393. The third kappa shape index (κ3) is 5.51. The first kappa shape index (κ1) is 19.9. The zero-order valence-corrected chi connectivity index (χ0v) is 15.7.